The van der Waals surface area contributed by atoms with Gasteiger partial charge in [0.25, 0.3) is 0 Å². The summed E-state index contributed by atoms with van der Waals surface area (Å²) in [5.74, 6) is -1.12. The van der Waals surface area contributed by atoms with Crippen molar-refractivity contribution < 1.29 is 19.1 Å². The van der Waals surface area contributed by atoms with Crippen LogP contribution in [0.15, 0.2) is 0 Å². The molecule has 0 aliphatic rings. The molecule has 0 aliphatic heterocycles. The van der Waals surface area contributed by atoms with Crippen molar-refractivity contribution in [2.75, 3.05) is 0 Å². The van der Waals surface area contributed by atoms with E-state index in [1.807, 2.05) is 27.7 Å². The first-order valence-electron chi connectivity index (χ1n) is 6.30. The lowest BCUT2D eigenvalue weighted by molar-refractivity contribution is -0.159. The Hall–Kier alpha value is -1.06. The Morgan fingerprint density at radius 3 is 1.88 bits per heavy atom. The molecule has 0 spiro atoms. The van der Waals surface area contributed by atoms with Crippen molar-refractivity contribution in [1.29, 1.82) is 0 Å². The van der Waals surface area contributed by atoms with Crippen LogP contribution in [0.4, 0.5) is 0 Å². The normalized spacial score (nSPS) is 15.8. The van der Waals surface area contributed by atoms with Gasteiger partial charge in [-0.3, -0.25) is 9.59 Å². The van der Waals surface area contributed by atoms with Crippen LogP contribution in [-0.4, -0.2) is 24.1 Å². The summed E-state index contributed by atoms with van der Waals surface area (Å²) in [5.41, 5.74) is 0. The van der Waals surface area contributed by atoms with E-state index in [0.717, 1.165) is 12.8 Å². The largest absolute Gasteiger partial charge is 0.463 e. The summed E-state index contributed by atoms with van der Waals surface area (Å²) >= 11 is 0. The van der Waals surface area contributed by atoms with Crippen molar-refractivity contribution in [3.8, 4) is 0 Å². The highest BCUT2D eigenvalue weighted by atomic mass is 16.5. The maximum atomic E-state index is 11.6. The van der Waals surface area contributed by atoms with Crippen LogP contribution in [0.2, 0.25) is 0 Å². The molecule has 0 rings (SSSR count). The molecule has 0 amide bonds. The van der Waals surface area contributed by atoms with Gasteiger partial charge in [-0.05, 0) is 26.7 Å². The van der Waals surface area contributed by atoms with Gasteiger partial charge in [0, 0.05) is 0 Å². The Morgan fingerprint density at radius 2 is 1.41 bits per heavy atom. The van der Waals surface area contributed by atoms with Gasteiger partial charge >= 0.3 is 11.9 Å². The standard InChI is InChI=1S/C13H24O4/c1-6-10(4)16-12(14)8-9(3)13(15)17-11(5)7-2/h9-11H,6-8H2,1-5H3. The Labute approximate surface area is 104 Å². The van der Waals surface area contributed by atoms with Gasteiger partial charge in [-0.2, -0.15) is 0 Å². The lowest BCUT2D eigenvalue weighted by atomic mass is 10.1. The second kappa shape index (κ2) is 8.09. The van der Waals surface area contributed by atoms with E-state index in [2.05, 4.69) is 0 Å². The second-order valence-electron chi connectivity index (χ2n) is 4.47. The average molecular weight is 244 g/mol. The molecule has 0 saturated carbocycles. The van der Waals surface area contributed by atoms with Gasteiger partial charge < -0.3 is 9.47 Å². The van der Waals surface area contributed by atoms with Crippen molar-refractivity contribution in [3.05, 3.63) is 0 Å². The van der Waals surface area contributed by atoms with Crippen LogP contribution in [-0.2, 0) is 19.1 Å². The third-order valence-electron chi connectivity index (χ3n) is 2.68. The molecule has 0 aliphatic carbocycles. The molecule has 0 bridgehead atoms. The number of hydrogen-bond acceptors (Lipinski definition) is 4. The fourth-order valence-electron chi connectivity index (χ4n) is 1.09. The minimum absolute atomic E-state index is 0.0829. The average Bonchev–Trinajstić information content (AvgIpc) is 2.28. The van der Waals surface area contributed by atoms with Crippen LogP contribution in [0.5, 0.6) is 0 Å². The maximum Gasteiger partial charge on any atom is 0.309 e. The van der Waals surface area contributed by atoms with Crippen LogP contribution < -0.4 is 0 Å². The van der Waals surface area contributed by atoms with Gasteiger partial charge in [0.1, 0.15) is 0 Å². The van der Waals surface area contributed by atoms with Crippen LogP contribution in [0, 0.1) is 5.92 Å². The van der Waals surface area contributed by atoms with Crippen molar-refractivity contribution in [3.63, 3.8) is 0 Å². The van der Waals surface area contributed by atoms with E-state index in [1.165, 1.54) is 0 Å². The highest BCUT2D eigenvalue weighted by Crippen LogP contribution is 2.10. The van der Waals surface area contributed by atoms with E-state index in [1.54, 1.807) is 6.92 Å². The van der Waals surface area contributed by atoms with Gasteiger partial charge in [0.05, 0.1) is 24.5 Å². The van der Waals surface area contributed by atoms with E-state index in [0.29, 0.717) is 0 Å². The smallest absolute Gasteiger partial charge is 0.309 e. The molecule has 0 N–H and O–H groups in total. The number of esters is 2. The van der Waals surface area contributed by atoms with Gasteiger partial charge in [0.2, 0.25) is 0 Å². The predicted octanol–water partition coefficient (Wildman–Crippen LogP) is 2.70. The quantitative estimate of drug-likeness (QED) is 0.646. The Kier molecular flexibility index (Phi) is 7.59. The van der Waals surface area contributed by atoms with Crippen LogP contribution in [0.1, 0.15) is 53.9 Å². The minimum atomic E-state index is -0.444. The molecule has 3 atom stereocenters. The summed E-state index contributed by atoms with van der Waals surface area (Å²) in [4.78, 5) is 23.0. The predicted molar refractivity (Wildman–Crippen MR) is 65.5 cm³/mol. The molecular weight excluding hydrogens is 220 g/mol. The Bertz CT molecular complexity index is 250. The molecule has 0 heterocycles. The molecule has 17 heavy (non-hydrogen) atoms. The lowest BCUT2D eigenvalue weighted by Gasteiger charge is -2.16. The molecule has 0 saturated heterocycles. The fraction of sp³-hybridized carbons (Fsp3) is 0.846. The molecule has 4 heteroatoms. The third-order valence-corrected chi connectivity index (χ3v) is 2.68. The molecule has 0 aromatic heterocycles. The maximum absolute atomic E-state index is 11.6. The van der Waals surface area contributed by atoms with Crippen LogP contribution in [0.3, 0.4) is 0 Å². The molecule has 3 unspecified atom stereocenters. The summed E-state index contributed by atoms with van der Waals surface area (Å²) < 4.78 is 10.3. The van der Waals surface area contributed by atoms with Gasteiger partial charge in [-0.25, -0.2) is 0 Å². The van der Waals surface area contributed by atoms with E-state index >= 15 is 0 Å². The molecule has 0 aromatic carbocycles. The topological polar surface area (TPSA) is 52.6 Å². The number of carbonyl (C=O) groups excluding carboxylic acids is 2. The van der Waals surface area contributed by atoms with Gasteiger partial charge in [0.15, 0.2) is 0 Å². The van der Waals surface area contributed by atoms with Crippen molar-refractivity contribution >= 4 is 11.9 Å². The van der Waals surface area contributed by atoms with Crippen molar-refractivity contribution in [1.82, 2.24) is 0 Å². The first-order chi connectivity index (χ1) is 7.90. The van der Waals surface area contributed by atoms with Gasteiger partial charge in [-0.1, -0.05) is 20.8 Å². The number of rotatable bonds is 7. The number of carbonyl (C=O) groups is 2. The zero-order chi connectivity index (χ0) is 13.4. The van der Waals surface area contributed by atoms with Crippen LogP contribution in [0.25, 0.3) is 0 Å². The monoisotopic (exact) mass is 244 g/mol. The van der Waals surface area contributed by atoms with E-state index < -0.39 is 5.92 Å². The molecule has 0 radical (unpaired) electrons. The van der Waals surface area contributed by atoms with E-state index in [-0.39, 0.29) is 30.6 Å². The summed E-state index contributed by atoms with van der Waals surface area (Å²) in [6.07, 6.45) is 1.43. The minimum Gasteiger partial charge on any atom is -0.463 e. The summed E-state index contributed by atoms with van der Waals surface area (Å²) in [6, 6.07) is 0. The molecule has 0 aromatic rings. The van der Waals surface area contributed by atoms with Crippen molar-refractivity contribution in [2.45, 2.75) is 66.1 Å². The fourth-order valence-corrected chi connectivity index (χ4v) is 1.09. The Balaban J connectivity index is 4.03. The van der Waals surface area contributed by atoms with E-state index in [9.17, 15) is 9.59 Å². The van der Waals surface area contributed by atoms with Crippen LogP contribution >= 0.6 is 0 Å². The Morgan fingerprint density at radius 1 is 0.941 bits per heavy atom. The van der Waals surface area contributed by atoms with Gasteiger partial charge in [-0.15, -0.1) is 0 Å². The molecule has 0 fully saturated rings. The molecule has 4 nitrogen and oxygen atoms in total. The lowest BCUT2D eigenvalue weighted by Crippen LogP contribution is -2.24. The summed E-state index contributed by atoms with van der Waals surface area (Å²) in [7, 11) is 0. The van der Waals surface area contributed by atoms with E-state index in [4.69, 9.17) is 9.47 Å². The summed E-state index contributed by atoms with van der Waals surface area (Å²) in [6.45, 7) is 9.24. The molecule has 100 valence electrons. The second-order valence-corrected chi connectivity index (χ2v) is 4.47. The zero-order valence-corrected chi connectivity index (χ0v) is 11.5. The summed E-state index contributed by atoms with van der Waals surface area (Å²) in [5, 5.41) is 0. The highest BCUT2D eigenvalue weighted by molar-refractivity contribution is 5.79. The third kappa shape index (κ3) is 6.97. The number of ether oxygens (including phenoxy) is 2. The molecular formula is C13H24O4. The SMILES string of the molecule is CCC(C)OC(=O)CC(C)C(=O)OC(C)CC. The zero-order valence-electron chi connectivity index (χ0n) is 11.5. The van der Waals surface area contributed by atoms with Crippen molar-refractivity contribution in [2.24, 2.45) is 5.92 Å². The highest BCUT2D eigenvalue weighted by Gasteiger charge is 2.21. The first kappa shape index (κ1) is 15.9. The first-order valence-corrected chi connectivity index (χ1v) is 6.30. The number of hydrogen-bond donors (Lipinski definition) is 0.